The van der Waals surface area contributed by atoms with E-state index in [0.29, 0.717) is 11.4 Å². The Morgan fingerprint density at radius 3 is 2.09 bits per heavy atom. The molecule has 1 saturated heterocycles. The molecule has 4 rings (SSSR count). The van der Waals surface area contributed by atoms with Crippen molar-refractivity contribution in [2.45, 2.75) is 13.3 Å². The highest BCUT2D eigenvalue weighted by Gasteiger charge is 2.59. The fourth-order valence-corrected chi connectivity index (χ4v) is 4.05. The van der Waals surface area contributed by atoms with E-state index in [9.17, 15) is 14.4 Å². The average Bonchev–Trinajstić information content (AvgIpc) is 3.14. The van der Waals surface area contributed by atoms with Crippen LogP contribution in [0.1, 0.15) is 13.3 Å². The van der Waals surface area contributed by atoms with Crippen LogP contribution >= 0.6 is 0 Å². The van der Waals surface area contributed by atoms with Crippen LogP contribution < -0.4 is 10.2 Å². The van der Waals surface area contributed by atoms with E-state index in [1.54, 1.807) is 24.3 Å². The Labute approximate surface area is 128 Å². The molecule has 4 unspecified atom stereocenters. The largest absolute Gasteiger partial charge is 0.326 e. The molecule has 0 radical (unpaired) electrons. The minimum absolute atomic E-state index is 0.0841. The molecule has 2 bridgehead atoms. The number of rotatable bonds is 2. The number of nitrogens with one attached hydrogen (secondary N) is 1. The van der Waals surface area contributed by atoms with Crippen LogP contribution in [0.2, 0.25) is 0 Å². The Balaban J connectivity index is 1.62. The predicted molar refractivity (Wildman–Crippen MR) is 81.0 cm³/mol. The number of anilines is 2. The van der Waals surface area contributed by atoms with Crippen LogP contribution in [0.3, 0.4) is 0 Å². The molecule has 1 aromatic carbocycles. The van der Waals surface area contributed by atoms with Gasteiger partial charge in [0.1, 0.15) is 0 Å². The van der Waals surface area contributed by atoms with Crippen LogP contribution in [0.15, 0.2) is 36.4 Å². The van der Waals surface area contributed by atoms with Gasteiger partial charge in [-0.25, -0.2) is 0 Å². The maximum absolute atomic E-state index is 12.7. The number of allylic oxidation sites excluding steroid dienone is 2. The Hall–Kier alpha value is -2.43. The molecule has 1 heterocycles. The normalized spacial score (nSPS) is 31.8. The molecule has 1 N–H and O–H groups in total. The molecule has 2 fully saturated rings. The van der Waals surface area contributed by atoms with Gasteiger partial charge in [-0.15, -0.1) is 0 Å². The van der Waals surface area contributed by atoms with Crippen molar-refractivity contribution in [1.82, 2.24) is 0 Å². The lowest BCUT2D eigenvalue weighted by Crippen LogP contribution is -2.32. The van der Waals surface area contributed by atoms with E-state index in [1.165, 1.54) is 11.8 Å². The molecule has 0 aromatic heterocycles. The second-order valence-electron chi connectivity index (χ2n) is 6.24. The second-order valence-corrected chi connectivity index (χ2v) is 6.24. The molecule has 112 valence electrons. The summed E-state index contributed by atoms with van der Waals surface area (Å²) >= 11 is 0. The van der Waals surface area contributed by atoms with E-state index in [0.717, 1.165) is 6.42 Å². The second kappa shape index (κ2) is 4.53. The smallest absolute Gasteiger partial charge is 0.238 e. The third-order valence-corrected chi connectivity index (χ3v) is 4.92. The summed E-state index contributed by atoms with van der Waals surface area (Å²) in [5, 5.41) is 2.67. The van der Waals surface area contributed by atoms with Gasteiger partial charge < -0.3 is 5.32 Å². The Morgan fingerprint density at radius 2 is 1.59 bits per heavy atom. The highest BCUT2D eigenvalue weighted by molar-refractivity contribution is 6.22. The molecule has 1 aliphatic heterocycles. The van der Waals surface area contributed by atoms with Crippen LogP contribution in [-0.2, 0) is 14.4 Å². The zero-order valence-electron chi connectivity index (χ0n) is 12.2. The van der Waals surface area contributed by atoms with Gasteiger partial charge in [0.15, 0.2) is 0 Å². The quantitative estimate of drug-likeness (QED) is 0.670. The number of benzene rings is 1. The Morgan fingerprint density at radius 1 is 1.05 bits per heavy atom. The molecule has 0 spiro atoms. The lowest BCUT2D eigenvalue weighted by Gasteiger charge is -2.17. The molecular weight excluding hydrogens is 280 g/mol. The van der Waals surface area contributed by atoms with E-state index in [1.807, 2.05) is 0 Å². The number of hydrogen-bond donors (Lipinski definition) is 1. The Kier molecular flexibility index (Phi) is 2.73. The summed E-state index contributed by atoms with van der Waals surface area (Å²) in [6, 6.07) is 6.82. The topological polar surface area (TPSA) is 66.5 Å². The molecule has 3 aliphatic rings. The van der Waals surface area contributed by atoms with Crippen LogP contribution in [0.25, 0.3) is 0 Å². The Bertz CT molecular complexity index is 677. The summed E-state index contributed by atoms with van der Waals surface area (Å²) in [7, 11) is 0. The van der Waals surface area contributed by atoms with Gasteiger partial charge in [-0.2, -0.15) is 0 Å². The molecule has 1 aromatic rings. The molecular formula is C17H16N2O3. The maximum atomic E-state index is 12.7. The standard InChI is InChI=1S/C17H16N2O3/c1-9(20)18-12-4-6-13(7-5-12)19-16(21)14-10-2-3-11(8-10)15(14)17(19)22/h2-7,10-11,14-15H,8H2,1H3,(H,18,20). The first-order chi connectivity index (χ1) is 10.6. The fourth-order valence-electron chi connectivity index (χ4n) is 4.05. The van der Waals surface area contributed by atoms with Crippen molar-refractivity contribution in [3.63, 3.8) is 0 Å². The van der Waals surface area contributed by atoms with Gasteiger partial charge in [0.2, 0.25) is 17.7 Å². The first-order valence-corrected chi connectivity index (χ1v) is 7.50. The molecule has 3 amide bonds. The van der Waals surface area contributed by atoms with Gasteiger partial charge in [0, 0.05) is 12.6 Å². The molecule has 4 atom stereocenters. The summed E-state index contributed by atoms with van der Waals surface area (Å²) in [6.45, 7) is 1.44. The van der Waals surface area contributed by atoms with E-state index in [-0.39, 0.29) is 41.4 Å². The zero-order valence-corrected chi connectivity index (χ0v) is 12.2. The number of hydrogen-bond acceptors (Lipinski definition) is 3. The van der Waals surface area contributed by atoms with Gasteiger partial charge in [-0.05, 0) is 42.5 Å². The predicted octanol–water partition coefficient (Wildman–Crippen LogP) is 1.96. The molecule has 2 aliphatic carbocycles. The lowest BCUT2D eigenvalue weighted by molar-refractivity contribution is -0.123. The maximum Gasteiger partial charge on any atom is 0.238 e. The van der Waals surface area contributed by atoms with Gasteiger partial charge in [0.25, 0.3) is 0 Å². The third kappa shape index (κ3) is 1.75. The SMILES string of the molecule is CC(=O)Nc1ccc(N2C(=O)C3C4C=CC(C4)C3C2=O)cc1. The third-order valence-electron chi connectivity index (χ3n) is 4.92. The number of carbonyl (C=O) groups excluding carboxylic acids is 3. The highest BCUT2D eigenvalue weighted by atomic mass is 16.2. The van der Waals surface area contributed by atoms with Crippen molar-refractivity contribution in [2.24, 2.45) is 23.7 Å². The number of carbonyl (C=O) groups is 3. The molecule has 22 heavy (non-hydrogen) atoms. The summed E-state index contributed by atoms with van der Waals surface area (Å²) in [5.41, 5.74) is 1.23. The van der Waals surface area contributed by atoms with Gasteiger partial charge in [0.05, 0.1) is 17.5 Å². The first-order valence-electron chi connectivity index (χ1n) is 7.50. The monoisotopic (exact) mass is 296 g/mol. The molecule has 5 nitrogen and oxygen atoms in total. The minimum Gasteiger partial charge on any atom is -0.326 e. The number of imide groups is 1. The fraction of sp³-hybridized carbons (Fsp3) is 0.353. The van der Waals surface area contributed by atoms with Crippen molar-refractivity contribution < 1.29 is 14.4 Å². The van der Waals surface area contributed by atoms with Crippen LogP contribution in [0.4, 0.5) is 11.4 Å². The van der Waals surface area contributed by atoms with E-state index < -0.39 is 0 Å². The summed E-state index contributed by atoms with van der Waals surface area (Å²) < 4.78 is 0. The van der Waals surface area contributed by atoms with E-state index in [2.05, 4.69) is 17.5 Å². The molecule has 5 heteroatoms. The highest BCUT2D eigenvalue weighted by Crippen LogP contribution is 2.53. The number of fused-ring (bicyclic) bond motifs is 5. The minimum atomic E-state index is -0.183. The zero-order chi connectivity index (χ0) is 15.4. The molecule has 1 saturated carbocycles. The van der Waals surface area contributed by atoms with Crippen molar-refractivity contribution in [3.05, 3.63) is 36.4 Å². The summed E-state index contributed by atoms with van der Waals surface area (Å²) in [5.74, 6) is -0.253. The van der Waals surface area contributed by atoms with Gasteiger partial charge in [-0.1, -0.05) is 12.2 Å². The van der Waals surface area contributed by atoms with Crippen molar-refractivity contribution in [3.8, 4) is 0 Å². The van der Waals surface area contributed by atoms with Crippen LogP contribution in [-0.4, -0.2) is 17.7 Å². The van der Waals surface area contributed by atoms with Gasteiger partial charge >= 0.3 is 0 Å². The van der Waals surface area contributed by atoms with Gasteiger partial charge in [-0.3, -0.25) is 19.3 Å². The van der Waals surface area contributed by atoms with Crippen molar-refractivity contribution >= 4 is 29.1 Å². The van der Waals surface area contributed by atoms with E-state index in [4.69, 9.17) is 0 Å². The first kappa shape index (κ1) is 13.2. The summed E-state index contributed by atoms with van der Waals surface area (Å²) in [4.78, 5) is 37.7. The van der Waals surface area contributed by atoms with Crippen molar-refractivity contribution in [1.29, 1.82) is 0 Å². The van der Waals surface area contributed by atoms with Crippen LogP contribution in [0.5, 0.6) is 0 Å². The van der Waals surface area contributed by atoms with Crippen LogP contribution in [0, 0.1) is 23.7 Å². The number of amides is 3. The van der Waals surface area contributed by atoms with E-state index >= 15 is 0 Å². The average molecular weight is 296 g/mol. The summed E-state index contributed by atoms with van der Waals surface area (Å²) in [6.07, 6.45) is 5.10. The van der Waals surface area contributed by atoms with Crippen molar-refractivity contribution in [2.75, 3.05) is 10.2 Å². The lowest BCUT2D eigenvalue weighted by atomic mass is 9.85. The number of nitrogens with zero attached hydrogens (tertiary/aromatic N) is 1.